The van der Waals surface area contributed by atoms with Crippen molar-refractivity contribution in [2.75, 3.05) is 13.2 Å². The Morgan fingerprint density at radius 1 is 0.966 bits per heavy atom. The number of fused-ring (bicyclic) bond motifs is 1. The molecule has 4 heteroatoms. The highest BCUT2D eigenvalue weighted by Gasteiger charge is 2.22. The lowest BCUT2D eigenvalue weighted by Gasteiger charge is -2.26. The molecule has 4 nitrogen and oxygen atoms in total. The summed E-state index contributed by atoms with van der Waals surface area (Å²) in [6.45, 7) is 1.46. The molecule has 0 bridgehead atoms. The summed E-state index contributed by atoms with van der Waals surface area (Å²) < 4.78 is 5.80. The fraction of sp³-hybridized carbons (Fsp3) is 0.200. The largest absolute Gasteiger partial charge is 0.488 e. The van der Waals surface area contributed by atoms with Gasteiger partial charge in [-0.1, -0.05) is 54.6 Å². The Hall–Kier alpha value is -3.40. The van der Waals surface area contributed by atoms with Crippen LogP contribution in [0.2, 0.25) is 0 Å². The summed E-state index contributed by atoms with van der Waals surface area (Å²) >= 11 is 0. The lowest BCUT2D eigenvalue weighted by Crippen LogP contribution is -2.35. The molecule has 4 rings (SSSR count). The molecular weight excluding hydrogens is 360 g/mol. The molecule has 1 aliphatic rings. The lowest BCUT2D eigenvalue weighted by molar-refractivity contribution is -0.128. The van der Waals surface area contributed by atoms with E-state index >= 15 is 0 Å². The average Bonchev–Trinajstić information content (AvgIpc) is 2.79. The molecule has 29 heavy (non-hydrogen) atoms. The molecule has 1 amide bonds. The summed E-state index contributed by atoms with van der Waals surface area (Å²) in [7, 11) is 0. The van der Waals surface area contributed by atoms with Gasteiger partial charge in [-0.3, -0.25) is 9.78 Å². The highest BCUT2D eigenvalue weighted by atomic mass is 16.5. The molecule has 0 spiro atoms. The monoisotopic (exact) mass is 384 g/mol. The van der Waals surface area contributed by atoms with E-state index in [0.717, 1.165) is 29.8 Å². The number of pyridine rings is 1. The van der Waals surface area contributed by atoms with Crippen LogP contribution < -0.4 is 4.74 Å². The number of benzene rings is 2. The van der Waals surface area contributed by atoms with Gasteiger partial charge in [0.15, 0.2) is 0 Å². The third kappa shape index (κ3) is 4.91. The molecule has 0 atom stereocenters. The first-order valence-electron chi connectivity index (χ1n) is 9.95. The molecule has 0 fully saturated rings. The van der Waals surface area contributed by atoms with Crippen molar-refractivity contribution in [2.24, 2.45) is 0 Å². The summed E-state index contributed by atoms with van der Waals surface area (Å²) in [5.74, 6) is 0.836. The van der Waals surface area contributed by atoms with Gasteiger partial charge in [-0.2, -0.15) is 0 Å². The van der Waals surface area contributed by atoms with Crippen LogP contribution in [0.15, 0.2) is 84.6 Å². The second-order valence-electron chi connectivity index (χ2n) is 7.13. The lowest BCUT2D eigenvalue weighted by atomic mass is 10.1. The summed E-state index contributed by atoms with van der Waals surface area (Å²) in [6, 6.07) is 24.0. The quantitative estimate of drug-likeness (QED) is 0.601. The van der Waals surface area contributed by atoms with Crippen LogP contribution in [0, 0.1) is 0 Å². The molecule has 3 aromatic rings. The summed E-state index contributed by atoms with van der Waals surface area (Å²) in [4.78, 5) is 19.6. The van der Waals surface area contributed by atoms with E-state index in [1.807, 2.05) is 71.6 Å². The number of para-hydroxylation sites is 1. The topological polar surface area (TPSA) is 42.4 Å². The molecule has 2 aromatic carbocycles. The molecule has 0 aliphatic carbocycles. The number of hydrogen-bond donors (Lipinski definition) is 0. The van der Waals surface area contributed by atoms with Crippen LogP contribution in [-0.4, -0.2) is 28.9 Å². The first-order chi connectivity index (χ1) is 14.3. The molecule has 0 saturated heterocycles. The minimum absolute atomic E-state index is 0.0122. The number of carbonyl (C=O) groups excluding carboxylic acids is 1. The van der Waals surface area contributed by atoms with Gasteiger partial charge in [-0.25, -0.2) is 0 Å². The number of aromatic nitrogens is 1. The van der Waals surface area contributed by atoms with Crippen LogP contribution in [0.1, 0.15) is 23.2 Å². The van der Waals surface area contributed by atoms with Gasteiger partial charge in [-0.05, 0) is 42.7 Å². The van der Waals surface area contributed by atoms with Crippen LogP contribution in [0.25, 0.3) is 6.08 Å². The zero-order chi connectivity index (χ0) is 19.9. The molecule has 1 aliphatic heterocycles. The van der Waals surface area contributed by atoms with Gasteiger partial charge in [0.25, 0.3) is 5.91 Å². The number of aryl methyl sites for hydroxylation is 1. The molecule has 0 radical (unpaired) electrons. The van der Waals surface area contributed by atoms with E-state index in [-0.39, 0.29) is 5.91 Å². The molecule has 0 unspecified atom stereocenters. The molecule has 146 valence electrons. The smallest absolute Gasteiger partial charge is 0.253 e. The Kier molecular flexibility index (Phi) is 6.01. The molecule has 2 heterocycles. The van der Waals surface area contributed by atoms with Crippen molar-refractivity contribution < 1.29 is 9.53 Å². The normalized spacial score (nSPS) is 12.5. The summed E-state index contributed by atoms with van der Waals surface area (Å²) in [6.07, 6.45) is 5.55. The van der Waals surface area contributed by atoms with Crippen molar-refractivity contribution in [3.63, 3.8) is 0 Å². The first-order valence-corrected chi connectivity index (χ1v) is 9.95. The van der Waals surface area contributed by atoms with Crippen LogP contribution in [-0.2, 0) is 17.8 Å². The fourth-order valence-electron chi connectivity index (χ4n) is 3.50. The maximum Gasteiger partial charge on any atom is 0.253 e. The van der Waals surface area contributed by atoms with Crippen molar-refractivity contribution in [3.05, 3.63) is 101 Å². The fourth-order valence-corrected chi connectivity index (χ4v) is 3.50. The predicted molar refractivity (Wildman–Crippen MR) is 114 cm³/mol. The van der Waals surface area contributed by atoms with Gasteiger partial charge < -0.3 is 9.64 Å². The van der Waals surface area contributed by atoms with Gasteiger partial charge in [0, 0.05) is 18.3 Å². The van der Waals surface area contributed by atoms with E-state index in [1.54, 1.807) is 6.20 Å². The van der Waals surface area contributed by atoms with Crippen LogP contribution in [0.4, 0.5) is 0 Å². The van der Waals surface area contributed by atoms with E-state index < -0.39 is 0 Å². The first kappa shape index (κ1) is 18.9. The van der Waals surface area contributed by atoms with E-state index in [9.17, 15) is 4.79 Å². The molecular formula is C25H24N2O2. The highest BCUT2D eigenvalue weighted by molar-refractivity contribution is 5.99. The van der Waals surface area contributed by atoms with Crippen molar-refractivity contribution in [1.82, 2.24) is 9.88 Å². The number of carbonyl (C=O) groups is 1. The number of ether oxygens (including phenoxy) is 1. The minimum Gasteiger partial charge on any atom is -0.488 e. The van der Waals surface area contributed by atoms with Crippen molar-refractivity contribution in [3.8, 4) is 5.75 Å². The maximum absolute atomic E-state index is 13.3. The minimum atomic E-state index is 0.0122. The Labute approximate surface area is 171 Å². The zero-order valence-corrected chi connectivity index (χ0v) is 16.3. The highest BCUT2D eigenvalue weighted by Crippen LogP contribution is 2.26. The maximum atomic E-state index is 13.3. The Morgan fingerprint density at radius 3 is 2.59 bits per heavy atom. The Balaban J connectivity index is 1.49. The van der Waals surface area contributed by atoms with Gasteiger partial charge in [0.1, 0.15) is 12.4 Å². The number of rotatable bonds is 7. The number of nitrogens with zero attached hydrogens (tertiary/aromatic N) is 2. The Morgan fingerprint density at radius 2 is 1.76 bits per heavy atom. The van der Waals surface area contributed by atoms with Crippen LogP contribution in [0.3, 0.4) is 0 Å². The predicted octanol–water partition coefficient (Wildman–Crippen LogP) is 4.52. The zero-order valence-electron chi connectivity index (χ0n) is 16.3. The van der Waals surface area contributed by atoms with Gasteiger partial charge in [0.05, 0.1) is 17.8 Å². The molecule has 0 N–H and O–H groups in total. The van der Waals surface area contributed by atoms with Gasteiger partial charge in [0.2, 0.25) is 0 Å². The standard InChI is InChI=1S/C25H24N2O2/c28-25(22-17-21-12-4-5-14-24(21)29-19-22)27(18-23-13-6-7-15-26-23)16-8-11-20-9-2-1-3-10-20/h1-7,9-10,12-15,17H,8,11,16,18-19H2. The van der Waals surface area contributed by atoms with Gasteiger partial charge >= 0.3 is 0 Å². The number of amides is 1. The van der Waals surface area contributed by atoms with E-state index in [1.165, 1.54) is 5.56 Å². The van der Waals surface area contributed by atoms with E-state index in [2.05, 4.69) is 17.1 Å². The number of hydrogen-bond acceptors (Lipinski definition) is 3. The van der Waals surface area contributed by atoms with Crippen molar-refractivity contribution in [2.45, 2.75) is 19.4 Å². The summed E-state index contributed by atoms with van der Waals surface area (Å²) in [5, 5.41) is 0. The van der Waals surface area contributed by atoms with Gasteiger partial charge in [-0.15, -0.1) is 0 Å². The average molecular weight is 384 g/mol. The van der Waals surface area contributed by atoms with E-state index in [4.69, 9.17) is 4.74 Å². The third-order valence-corrected chi connectivity index (χ3v) is 5.01. The van der Waals surface area contributed by atoms with Crippen molar-refractivity contribution >= 4 is 12.0 Å². The second-order valence-corrected chi connectivity index (χ2v) is 7.13. The Bertz CT molecular complexity index is 984. The third-order valence-electron chi connectivity index (χ3n) is 5.01. The SMILES string of the molecule is O=C(C1=Cc2ccccc2OC1)N(CCCc1ccccc1)Cc1ccccn1. The van der Waals surface area contributed by atoms with Crippen LogP contribution >= 0.6 is 0 Å². The second kappa shape index (κ2) is 9.20. The van der Waals surface area contributed by atoms with Crippen molar-refractivity contribution in [1.29, 1.82) is 0 Å². The molecule has 1 aromatic heterocycles. The molecule has 0 saturated carbocycles. The summed E-state index contributed by atoms with van der Waals surface area (Å²) in [5.41, 5.74) is 3.80. The van der Waals surface area contributed by atoms with E-state index in [0.29, 0.717) is 25.3 Å². The van der Waals surface area contributed by atoms with Crippen LogP contribution in [0.5, 0.6) is 5.75 Å².